The van der Waals surface area contributed by atoms with Crippen molar-refractivity contribution in [3.8, 4) is 17.0 Å². The molecule has 3 rings (SSSR count). The summed E-state index contributed by atoms with van der Waals surface area (Å²) in [5, 5.41) is 4.03. The van der Waals surface area contributed by atoms with Crippen molar-refractivity contribution >= 4 is 11.6 Å². The fourth-order valence-electron chi connectivity index (χ4n) is 2.04. The molecule has 0 spiro atoms. The van der Waals surface area contributed by atoms with Crippen LogP contribution in [0.2, 0.25) is 0 Å². The summed E-state index contributed by atoms with van der Waals surface area (Å²) in [5.74, 6) is 1.72. The molecule has 0 saturated heterocycles. The lowest BCUT2D eigenvalue weighted by Crippen LogP contribution is -1.96. The molecule has 0 aliphatic carbocycles. The van der Waals surface area contributed by atoms with Crippen LogP contribution in [0.5, 0.6) is 5.75 Å². The number of ether oxygens (including phenoxy) is 1. The first-order valence-electron chi connectivity index (χ1n) is 6.64. The van der Waals surface area contributed by atoms with E-state index in [0.717, 1.165) is 22.6 Å². The van der Waals surface area contributed by atoms with Gasteiger partial charge in [-0.2, -0.15) is 0 Å². The van der Waals surface area contributed by atoms with Crippen LogP contribution in [0.25, 0.3) is 11.3 Å². The van der Waals surface area contributed by atoms with E-state index in [2.05, 4.69) is 5.16 Å². The Morgan fingerprint density at radius 3 is 2.52 bits per heavy atom. The third kappa shape index (κ3) is 3.26. The fraction of sp³-hybridized carbons (Fsp3) is 0.118. The van der Waals surface area contributed by atoms with E-state index in [1.54, 1.807) is 0 Å². The van der Waals surface area contributed by atoms with Crippen molar-refractivity contribution in [2.75, 3.05) is 0 Å². The van der Waals surface area contributed by atoms with Crippen LogP contribution < -0.4 is 4.74 Å². The van der Waals surface area contributed by atoms with Crippen LogP contribution in [0.15, 0.2) is 65.2 Å². The van der Waals surface area contributed by atoms with Gasteiger partial charge in [0.2, 0.25) is 0 Å². The zero-order chi connectivity index (χ0) is 14.5. The molecule has 0 amide bonds. The van der Waals surface area contributed by atoms with Gasteiger partial charge in [-0.25, -0.2) is 0 Å². The lowest BCUT2D eigenvalue weighted by atomic mass is 10.1. The molecule has 0 aliphatic rings. The smallest absolute Gasteiger partial charge is 0.152 e. The highest BCUT2D eigenvalue weighted by Gasteiger charge is 2.11. The summed E-state index contributed by atoms with van der Waals surface area (Å²) in [5.41, 5.74) is 2.75. The summed E-state index contributed by atoms with van der Waals surface area (Å²) in [6, 6.07) is 19.6. The maximum atomic E-state index is 5.91. The summed E-state index contributed by atoms with van der Waals surface area (Å²) in [4.78, 5) is 0. The summed E-state index contributed by atoms with van der Waals surface area (Å²) in [7, 11) is 0. The van der Waals surface area contributed by atoms with Gasteiger partial charge in [0.1, 0.15) is 18.1 Å². The molecule has 106 valence electrons. The second-order valence-corrected chi connectivity index (χ2v) is 4.85. The molecule has 3 aromatic rings. The number of rotatable bonds is 5. The number of alkyl halides is 1. The van der Waals surface area contributed by atoms with Gasteiger partial charge in [0.15, 0.2) is 5.76 Å². The zero-order valence-corrected chi connectivity index (χ0v) is 12.1. The van der Waals surface area contributed by atoms with Crippen molar-refractivity contribution in [1.29, 1.82) is 0 Å². The van der Waals surface area contributed by atoms with Crippen molar-refractivity contribution in [1.82, 2.24) is 5.16 Å². The minimum atomic E-state index is 0.306. The number of halogens is 1. The Hall–Kier alpha value is -2.26. The van der Waals surface area contributed by atoms with Gasteiger partial charge in [-0.05, 0) is 17.7 Å². The first kappa shape index (κ1) is 13.7. The summed E-state index contributed by atoms with van der Waals surface area (Å²) in [6.07, 6.45) is 0. The standard InChI is InChI=1S/C17H14ClNO2/c18-11-14-10-16(19-21-14)15-8-4-5-9-17(15)20-12-13-6-2-1-3-7-13/h1-10H,11-12H2. The first-order chi connectivity index (χ1) is 10.4. The normalized spacial score (nSPS) is 10.5. The Labute approximate surface area is 128 Å². The molecule has 0 radical (unpaired) electrons. The number of hydrogen-bond acceptors (Lipinski definition) is 3. The largest absolute Gasteiger partial charge is 0.488 e. The van der Waals surface area contributed by atoms with Crippen LogP contribution in [-0.4, -0.2) is 5.16 Å². The SMILES string of the molecule is ClCc1cc(-c2ccccc2OCc2ccccc2)no1. The van der Waals surface area contributed by atoms with Crippen LogP contribution in [-0.2, 0) is 12.5 Å². The topological polar surface area (TPSA) is 35.3 Å². The van der Waals surface area contributed by atoms with E-state index in [-0.39, 0.29) is 0 Å². The van der Waals surface area contributed by atoms with E-state index in [1.165, 1.54) is 0 Å². The minimum absolute atomic E-state index is 0.306. The molecule has 1 aromatic heterocycles. The van der Waals surface area contributed by atoms with E-state index < -0.39 is 0 Å². The van der Waals surface area contributed by atoms with E-state index in [1.807, 2.05) is 60.7 Å². The number of benzene rings is 2. The average Bonchev–Trinajstić information content (AvgIpc) is 3.03. The fourth-order valence-corrected chi connectivity index (χ4v) is 2.17. The number of nitrogens with zero attached hydrogens (tertiary/aromatic N) is 1. The molecular formula is C17H14ClNO2. The summed E-state index contributed by atoms with van der Waals surface area (Å²) in [6.45, 7) is 0.512. The second-order valence-electron chi connectivity index (χ2n) is 4.58. The Balaban J connectivity index is 1.82. The van der Waals surface area contributed by atoms with Crippen LogP contribution in [0.3, 0.4) is 0 Å². The van der Waals surface area contributed by atoms with Gasteiger partial charge in [0.25, 0.3) is 0 Å². The van der Waals surface area contributed by atoms with Gasteiger partial charge in [-0.1, -0.05) is 47.6 Å². The number of hydrogen-bond donors (Lipinski definition) is 0. The maximum Gasteiger partial charge on any atom is 0.152 e. The molecular weight excluding hydrogens is 286 g/mol. The van der Waals surface area contributed by atoms with Crippen molar-refractivity contribution in [3.63, 3.8) is 0 Å². The molecule has 0 bridgehead atoms. The number of aromatic nitrogens is 1. The summed E-state index contributed by atoms with van der Waals surface area (Å²) >= 11 is 5.74. The molecule has 0 fully saturated rings. The van der Waals surface area contributed by atoms with Crippen LogP contribution in [0, 0.1) is 0 Å². The van der Waals surface area contributed by atoms with Crippen molar-refractivity contribution < 1.29 is 9.26 Å². The third-order valence-corrected chi connectivity index (χ3v) is 3.35. The van der Waals surface area contributed by atoms with Crippen LogP contribution in [0.4, 0.5) is 0 Å². The average molecular weight is 300 g/mol. The van der Waals surface area contributed by atoms with Crippen molar-refractivity contribution in [3.05, 3.63) is 72.0 Å². The Bertz CT molecular complexity index is 710. The van der Waals surface area contributed by atoms with Gasteiger partial charge in [0.05, 0.1) is 5.88 Å². The molecule has 2 aromatic carbocycles. The number of para-hydroxylation sites is 1. The predicted octanol–water partition coefficient (Wildman–Crippen LogP) is 4.66. The minimum Gasteiger partial charge on any atom is -0.488 e. The van der Waals surface area contributed by atoms with Crippen LogP contribution in [0.1, 0.15) is 11.3 Å². The van der Waals surface area contributed by atoms with E-state index in [9.17, 15) is 0 Å². The van der Waals surface area contributed by atoms with E-state index >= 15 is 0 Å². The molecule has 21 heavy (non-hydrogen) atoms. The molecule has 0 atom stereocenters. The van der Waals surface area contributed by atoms with Gasteiger partial charge in [-0.3, -0.25) is 0 Å². The van der Waals surface area contributed by atoms with E-state index in [4.69, 9.17) is 20.9 Å². The zero-order valence-electron chi connectivity index (χ0n) is 11.3. The quantitative estimate of drug-likeness (QED) is 0.643. The van der Waals surface area contributed by atoms with Crippen LogP contribution >= 0.6 is 11.6 Å². The highest BCUT2D eigenvalue weighted by molar-refractivity contribution is 6.16. The highest BCUT2D eigenvalue weighted by atomic mass is 35.5. The molecule has 4 heteroatoms. The van der Waals surface area contributed by atoms with E-state index in [0.29, 0.717) is 18.2 Å². The monoisotopic (exact) mass is 299 g/mol. The third-order valence-electron chi connectivity index (χ3n) is 3.09. The molecule has 3 nitrogen and oxygen atoms in total. The first-order valence-corrected chi connectivity index (χ1v) is 7.18. The van der Waals surface area contributed by atoms with Crippen molar-refractivity contribution in [2.24, 2.45) is 0 Å². The Kier molecular flexibility index (Phi) is 4.22. The molecule has 0 aliphatic heterocycles. The van der Waals surface area contributed by atoms with Gasteiger partial charge < -0.3 is 9.26 Å². The lowest BCUT2D eigenvalue weighted by molar-refractivity contribution is 0.307. The highest BCUT2D eigenvalue weighted by Crippen LogP contribution is 2.30. The van der Waals surface area contributed by atoms with Crippen molar-refractivity contribution in [2.45, 2.75) is 12.5 Å². The lowest BCUT2D eigenvalue weighted by Gasteiger charge is -2.09. The molecule has 0 saturated carbocycles. The predicted molar refractivity (Wildman–Crippen MR) is 82.3 cm³/mol. The summed E-state index contributed by atoms with van der Waals surface area (Å²) < 4.78 is 11.1. The molecule has 1 heterocycles. The molecule has 0 N–H and O–H groups in total. The van der Waals surface area contributed by atoms with Gasteiger partial charge >= 0.3 is 0 Å². The van der Waals surface area contributed by atoms with Gasteiger partial charge in [0, 0.05) is 11.6 Å². The maximum absolute atomic E-state index is 5.91. The van der Waals surface area contributed by atoms with Gasteiger partial charge in [-0.15, -0.1) is 11.6 Å². The Morgan fingerprint density at radius 1 is 1.00 bits per heavy atom. The Morgan fingerprint density at radius 2 is 1.76 bits per heavy atom. The second kappa shape index (κ2) is 6.46. The molecule has 0 unspecified atom stereocenters.